The summed E-state index contributed by atoms with van der Waals surface area (Å²) in [7, 11) is 1.66. The van der Waals surface area contributed by atoms with E-state index in [1.54, 1.807) is 7.05 Å². The summed E-state index contributed by atoms with van der Waals surface area (Å²) in [4.78, 5) is 19.7. The Kier molecular flexibility index (Phi) is 2.13. The summed E-state index contributed by atoms with van der Waals surface area (Å²) in [6.45, 7) is 0. The molecule has 0 amide bonds. The van der Waals surface area contributed by atoms with Gasteiger partial charge >= 0.3 is 5.97 Å². The number of carbonyl (C=O) groups is 1. The zero-order chi connectivity index (χ0) is 10.8. The number of aryl methyl sites for hydroxylation is 1. The third-order valence-electron chi connectivity index (χ3n) is 1.72. The maximum absolute atomic E-state index is 10.6. The minimum atomic E-state index is -1.12. The quantitative estimate of drug-likeness (QED) is 0.739. The van der Waals surface area contributed by atoms with Crippen molar-refractivity contribution in [2.45, 2.75) is 0 Å². The van der Waals surface area contributed by atoms with E-state index >= 15 is 0 Å². The highest BCUT2D eigenvalue weighted by atomic mass is 16.4. The van der Waals surface area contributed by atoms with Crippen LogP contribution in [-0.2, 0) is 7.05 Å². The van der Waals surface area contributed by atoms with Crippen LogP contribution in [0, 0.1) is 0 Å². The van der Waals surface area contributed by atoms with Gasteiger partial charge < -0.3 is 5.11 Å². The first kappa shape index (κ1) is 9.25. The Morgan fingerprint density at radius 2 is 2.13 bits per heavy atom. The van der Waals surface area contributed by atoms with Gasteiger partial charge in [-0.2, -0.15) is 15.0 Å². The zero-order valence-corrected chi connectivity index (χ0v) is 7.82. The molecule has 0 atom stereocenters. The summed E-state index contributed by atoms with van der Waals surface area (Å²) in [5, 5.41) is 16.6. The predicted molar refractivity (Wildman–Crippen MR) is 49.0 cm³/mol. The van der Waals surface area contributed by atoms with Crippen LogP contribution < -0.4 is 0 Å². The summed E-state index contributed by atoms with van der Waals surface area (Å²) < 4.78 is 0. The molecule has 15 heavy (non-hydrogen) atoms. The van der Waals surface area contributed by atoms with E-state index in [1.165, 1.54) is 23.4 Å². The van der Waals surface area contributed by atoms with E-state index in [0.717, 1.165) is 0 Å². The molecule has 2 aromatic heterocycles. The molecule has 0 aliphatic rings. The topological polar surface area (TPSA) is 93.8 Å². The van der Waals surface area contributed by atoms with Crippen LogP contribution in [0.1, 0.15) is 10.5 Å². The van der Waals surface area contributed by atoms with Crippen molar-refractivity contribution in [3.05, 3.63) is 24.3 Å². The van der Waals surface area contributed by atoms with Crippen molar-refractivity contribution in [3.8, 4) is 11.4 Å². The lowest BCUT2D eigenvalue weighted by Gasteiger charge is -1.96. The Bertz CT molecular complexity index is 507. The highest BCUT2D eigenvalue weighted by Gasteiger charge is 2.09. The summed E-state index contributed by atoms with van der Waals surface area (Å²) in [5.74, 6) is -1.12. The minimum absolute atomic E-state index is 0.113. The van der Waals surface area contributed by atoms with Crippen molar-refractivity contribution >= 4 is 5.97 Å². The Balaban J connectivity index is 2.45. The lowest BCUT2D eigenvalue weighted by atomic mass is 10.3. The van der Waals surface area contributed by atoms with E-state index in [9.17, 15) is 4.79 Å². The molecule has 1 N–H and O–H groups in total. The van der Waals surface area contributed by atoms with Gasteiger partial charge in [-0.3, -0.25) is 4.98 Å². The molecule has 2 aromatic rings. The van der Waals surface area contributed by atoms with Gasteiger partial charge in [0, 0.05) is 7.05 Å². The number of rotatable bonds is 2. The third-order valence-corrected chi connectivity index (χ3v) is 1.72. The molecule has 0 spiro atoms. The molecule has 2 rings (SSSR count). The summed E-state index contributed by atoms with van der Waals surface area (Å²) in [6, 6.07) is 0. The minimum Gasteiger partial charge on any atom is -0.476 e. The molecule has 0 aliphatic heterocycles. The van der Waals surface area contributed by atoms with Gasteiger partial charge in [0.05, 0.1) is 18.6 Å². The molecule has 0 unspecified atom stereocenters. The second-order valence-electron chi connectivity index (χ2n) is 2.81. The van der Waals surface area contributed by atoms with E-state index in [-0.39, 0.29) is 5.69 Å². The Morgan fingerprint density at radius 3 is 2.73 bits per heavy atom. The van der Waals surface area contributed by atoms with E-state index < -0.39 is 5.97 Å². The van der Waals surface area contributed by atoms with Crippen molar-refractivity contribution in [2.75, 3.05) is 0 Å². The molecular weight excluding hydrogens is 198 g/mol. The van der Waals surface area contributed by atoms with Crippen LogP contribution >= 0.6 is 0 Å². The number of aromatic carboxylic acids is 1. The number of carboxylic acids is 1. The normalized spacial score (nSPS) is 10.2. The van der Waals surface area contributed by atoms with E-state index in [0.29, 0.717) is 11.4 Å². The van der Waals surface area contributed by atoms with Crippen molar-refractivity contribution < 1.29 is 9.90 Å². The van der Waals surface area contributed by atoms with Gasteiger partial charge in [-0.1, -0.05) is 0 Å². The third kappa shape index (κ3) is 1.80. The van der Waals surface area contributed by atoms with Crippen LogP contribution in [0.15, 0.2) is 18.6 Å². The zero-order valence-electron chi connectivity index (χ0n) is 7.82. The van der Waals surface area contributed by atoms with Crippen LogP contribution in [0.5, 0.6) is 0 Å². The standard InChI is InChI=1S/C8H7N5O2/c1-13-10-4-6(12-13)5-2-9-3-7(11-5)8(14)15/h2-4H,1H3,(H,14,15). The van der Waals surface area contributed by atoms with Gasteiger partial charge in [-0.15, -0.1) is 0 Å². The van der Waals surface area contributed by atoms with E-state index in [2.05, 4.69) is 20.2 Å². The second kappa shape index (κ2) is 3.45. The van der Waals surface area contributed by atoms with Crippen LogP contribution in [0.25, 0.3) is 11.4 Å². The Labute approximate surface area is 84.4 Å². The highest BCUT2D eigenvalue weighted by molar-refractivity contribution is 5.85. The number of hydrogen-bond donors (Lipinski definition) is 1. The first-order chi connectivity index (χ1) is 7.16. The molecule has 0 aromatic carbocycles. The molecule has 0 saturated carbocycles. The fourth-order valence-electron chi connectivity index (χ4n) is 1.06. The van der Waals surface area contributed by atoms with Gasteiger partial charge in [0.1, 0.15) is 11.4 Å². The van der Waals surface area contributed by atoms with E-state index in [1.807, 2.05) is 0 Å². The largest absolute Gasteiger partial charge is 0.476 e. The lowest BCUT2D eigenvalue weighted by molar-refractivity contribution is 0.0690. The van der Waals surface area contributed by atoms with E-state index in [4.69, 9.17) is 5.11 Å². The van der Waals surface area contributed by atoms with Crippen LogP contribution in [0.3, 0.4) is 0 Å². The SMILES string of the molecule is Cn1ncc(-c2cncc(C(=O)O)n2)n1. The molecule has 7 nitrogen and oxygen atoms in total. The van der Waals surface area contributed by atoms with Crippen LogP contribution in [-0.4, -0.2) is 36.0 Å². The van der Waals surface area contributed by atoms with Gasteiger partial charge in [-0.25, -0.2) is 9.78 Å². The summed E-state index contributed by atoms with van der Waals surface area (Å²) in [5.41, 5.74) is 0.772. The first-order valence-electron chi connectivity index (χ1n) is 4.09. The molecule has 0 bridgehead atoms. The maximum atomic E-state index is 10.6. The molecule has 7 heteroatoms. The average Bonchev–Trinajstić information content (AvgIpc) is 2.65. The molecule has 76 valence electrons. The van der Waals surface area contributed by atoms with Gasteiger partial charge in [-0.05, 0) is 0 Å². The average molecular weight is 205 g/mol. The highest BCUT2D eigenvalue weighted by Crippen LogP contribution is 2.11. The van der Waals surface area contributed by atoms with Crippen molar-refractivity contribution in [1.29, 1.82) is 0 Å². The van der Waals surface area contributed by atoms with Gasteiger partial charge in [0.25, 0.3) is 0 Å². The Hall–Kier alpha value is -2.31. The fourth-order valence-corrected chi connectivity index (χ4v) is 1.06. The predicted octanol–water partition coefficient (Wildman–Crippen LogP) is -0.0297. The molecule has 2 heterocycles. The molecular formula is C8H7N5O2. The monoisotopic (exact) mass is 205 g/mol. The van der Waals surface area contributed by atoms with Crippen molar-refractivity contribution in [1.82, 2.24) is 25.0 Å². The Morgan fingerprint density at radius 1 is 1.33 bits per heavy atom. The van der Waals surface area contributed by atoms with Crippen LogP contribution in [0.2, 0.25) is 0 Å². The smallest absolute Gasteiger partial charge is 0.356 e. The summed E-state index contributed by atoms with van der Waals surface area (Å²) >= 11 is 0. The van der Waals surface area contributed by atoms with Crippen molar-refractivity contribution in [2.24, 2.45) is 7.05 Å². The number of hydrogen-bond acceptors (Lipinski definition) is 5. The molecule has 0 saturated heterocycles. The molecule has 0 aliphatic carbocycles. The van der Waals surface area contributed by atoms with Crippen LogP contribution in [0.4, 0.5) is 0 Å². The summed E-state index contributed by atoms with van der Waals surface area (Å²) in [6.07, 6.45) is 4.12. The van der Waals surface area contributed by atoms with Gasteiger partial charge in [0.15, 0.2) is 5.69 Å². The molecule has 0 radical (unpaired) electrons. The maximum Gasteiger partial charge on any atom is 0.356 e. The number of aromatic nitrogens is 5. The first-order valence-corrected chi connectivity index (χ1v) is 4.09. The van der Waals surface area contributed by atoms with Crippen molar-refractivity contribution in [3.63, 3.8) is 0 Å². The van der Waals surface area contributed by atoms with Gasteiger partial charge in [0.2, 0.25) is 0 Å². The number of nitrogens with zero attached hydrogens (tertiary/aromatic N) is 5. The lowest BCUT2D eigenvalue weighted by Crippen LogP contribution is -2.02. The fraction of sp³-hybridized carbons (Fsp3) is 0.125. The number of carboxylic acid groups (broad SMARTS) is 1. The second-order valence-corrected chi connectivity index (χ2v) is 2.81. The molecule has 0 fully saturated rings.